The SMILES string of the molecule is CCN(CCNC(=O)NCc1cccs1)c1cccc(C)c1. The monoisotopic (exact) mass is 317 g/mol. The van der Waals surface area contributed by atoms with E-state index in [9.17, 15) is 4.79 Å². The molecule has 0 aliphatic rings. The number of hydrogen-bond donors (Lipinski definition) is 2. The second kappa shape index (κ2) is 8.44. The summed E-state index contributed by atoms with van der Waals surface area (Å²) in [4.78, 5) is 15.2. The second-order valence-electron chi connectivity index (χ2n) is 5.11. The first-order chi connectivity index (χ1) is 10.7. The molecule has 0 aliphatic heterocycles. The number of anilines is 1. The van der Waals surface area contributed by atoms with Crippen LogP contribution in [0.3, 0.4) is 0 Å². The number of likely N-dealkylation sites (N-methyl/N-ethyl adjacent to an activating group) is 1. The van der Waals surface area contributed by atoms with Crippen molar-refractivity contribution >= 4 is 23.1 Å². The molecule has 2 amide bonds. The Balaban J connectivity index is 1.73. The number of rotatable bonds is 7. The van der Waals surface area contributed by atoms with Gasteiger partial charge in [0.25, 0.3) is 0 Å². The number of thiophene rings is 1. The van der Waals surface area contributed by atoms with E-state index in [1.807, 2.05) is 17.5 Å². The number of nitrogens with one attached hydrogen (secondary N) is 2. The van der Waals surface area contributed by atoms with E-state index in [2.05, 4.69) is 53.6 Å². The van der Waals surface area contributed by atoms with E-state index in [0.717, 1.165) is 18.0 Å². The topological polar surface area (TPSA) is 44.4 Å². The molecule has 0 radical (unpaired) electrons. The zero-order valence-corrected chi connectivity index (χ0v) is 14.0. The lowest BCUT2D eigenvalue weighted by atomic mass is 10.2. The van der Waals surface area contributed by atoms with Crippen LogP contribution in [0.2, 0.25) is 0 Å². The summed E-state index contributed by atoms with van der Waals surface area (Å²) in [6.07, 6.45) is 0. The highest BCUT2D eigenvalue weighted by molar-refractivity contribution is 7.09. The molecule has 1 aromatic heterocycles. The molecule has 0 unspecified atom stereocenters. The van der Waals surface area contributed by atoms with Gasteiger partial charge in [-0.2, -0.15) is 0 Å². The van der Waals surface area contributed by atoms with Crippen LogP contribution < -0.4 is 15.5 Å². The Morgan fingerprint density at radius 1 is 1.23 bits per heavy atom. The molecule has 0 spiro atoms. The van der Waals surface area contributed by atoms with Gasteiger partial charge in [0.2, 0.25) is 0 Å². The lowest BCUT2D eigenvalue weighted by Gasteiger charge is -2.23. The first-order valence-corrected chi connectivity index (χ1v) is 8.42. The molecule has 0 saturated carbocycles. The molecule has 1 heterocycles. The van der Waals surface area contributed by atoms with Crippen LogP contribution in [0.5, 0.6) is 0 Å². The summed E-state index contributed by atoms with van der Waals surface area (Å²) in [5, 5.41) is 7.78. The van der Waals surface area contributed by atoms with Crippen LogP contribution in [0.25, 0.3) is 0 Å². The minimum absolute atomic E-state index is 0.117. The van der Waals surface area contributed by atoms with Crippen LogP contribution in [0, 0.1) is 6.92 Å². The van der Waals surface area contributed by atoms with Crippen molar-refractivity contribution in [2.45, 2.75) is 20.4 Å². The normalized spacial score (nSPS) is 10.3. The molecule has 22 heavy (non-hydrogen) atoms. The van der Waals surface area contributed by atoms with Gasteiger partial charge in [0.05, 0.1) is 6.54 Å². The molecule has 4 nitrogen and oxygen atoms in total. The minimum atomic E-state index is -0.117. The van der Waals surface area contributed by atoms with Gasteiger partial charge in [0.15, 0.2) is 0 Å². The van der Waals surface area contributed by atoms with E-state index in [-0.39, 0.29) is 6.03 Å². The van der Waals surface area contributed by atoms with Gasteiger partial charge >= 0.3 is 6.03 Å². The Bertz CT molecular complexity index is 583. The van der Waals surface area contributed by atoms with Crippen molar-refractivity contribution in [3.05, 3.63) is 52.2 Å². The molecule has 5 heteroatoms. The van der Waals surface area contributed by atoms with Gasteiger partial charge in [-0.25, -0.2) is 4.79 Å². The lowest BCUT2D eigenvalue weighted by Crippen LogP contribution is -2.40. The van der Waals surface area contributed by atoms with Gasteiger partial charge in [-0.1, -0.05) is 18.2 Å². The Labute approximate surface area is 136 Å². The Morgan fingerprint density at radius 3 is 2.77 bits per heavy atom. The van der Waals surface area contributed by atoms with Gasteiger partial charge < -0.3 is 15.5 Å². The molecular weight excluding hydrogens is 294 g/mol. The van der Waals surface area contributed by atoms with Crippen LogP contribution in [-0.2, 0) is 6.54 Å². The Hall–Kier alpha value is -2.01. The van der Waals surface area contributed by atoms with Crippen molar-refractivity contribution in [1.82, 2.24) is 10.6 Å². The zero-order chi connectivity index (χ0) is 15.8. The highest BCUT2D eigenvalue weighted by Gasteiger charge is 2.05. The summed E-state index contributed by atoms with van der Waals surface area (Å²) in [5.74, 6) is 0. The molecule has 1 aromatic carbocycles. The maximum Gasteiger partial charge on any atom is 0.315 e. The second-order valence-corrected chi connectivity index (χ2v) is 6.14. The van der Waals surface area contributed by atoms with E-state index in [1.54, 1.807) is 11.3 Å². The van der Waals surface area contributed by atoms with Crippen LogP contribution in [0.1, 0.15) is 17.4 Å². The Kier molecular flexibility index (Phi) is 6.27. The Morgan fingerprint density at radius 2 is 2.09 bits per heavy atom. The van der Waals surface area contributed by atoms with Gasteiger partial charge in [0.1, 0.15) is 0 Å². The highest BCUT2D eigenvalue weighted by atomic mass is 32.1. The maximum absolute atomic E-state index is 11.8. The number of nitrogens with zero attached hydrogens (tertiary/aromatic N) is 1. The maximum atomic E-state index is 11.8. The zero-order valence-electron chi connectivity index (χ0n) is 13.1. The molecule has 2 N–H and O–H groups in total. The van der Waals surface area contributed by atoms with Crippen LogP contribution in [0.4, 0.5) is 10.5 Å². The summed E-state index contributed by atoms with van der Waals surface area (Å²) in [5.41, 5.74) is 2.45. The smallest absolute Gasteiger partial charge is 0.315 e. The van der Waals surface area contributed by atoms with Gasteiger partial charge in [0, 0.05) is 30.2 Å². The quantitative estimate of drug-likeness (QED) is 0.822. The van der Waals surface area contributed by atoms with E-state index < -0.39 is 0 Å². The average Bonchev–Trinajstić information content (AvgIpc) is 3.03. The predicted molar refractivity (Wildman–Crippen MR) is 93.6 cm³/mol. The number of aryl methyl sites for hydroxylation is 1. The fourth-order valence-electron chi connectivity index (χ4n) is 2.24. The van der Waals surface area contributed by atoms with E-state index in [0.29, 0.717) is 13.1 Å². The number of carbonyl (C=O) groups is 1. The first-order valence-electron chi connectivity index (χ1n) is 7.54. The number of amides is 2. The van der Waals surface area contributed by atoms with Gasteiger partial charge in [-0.05, 0) is 43.0 Å². The third-order valence-corrected chi connectivity index (χ3v) is 4.30. The van der Waals surface area contributed by atoms with Crippen LogP contribution >= 0.6 is 11.3 Å². The molecular formula is C17H23N3OS. The standard InChI is InChI=1S/C17H23N3OS/c1-3-20(15-7-4-6-14(2)12-15)10-9-18-17(21)19-13-16-8-5-11-22-16/h4-8,11-12H,3,9-10,13H2,1-2H3,(H2,18,19,21). The van der Waals surface area contributed by atoms with E-state index in [1.165, 1.54) is 11.3 Å². The summed E-state index contributed by atoms with van der Waals surface area (Å²) in [7, 11) is 0. The largest absolute Gasteiger partial charge is 0.370 e. The van der Waals surface area contributed by atoms with Gasteiger partial charge in [-0.15, -0.1) is 11.3 Å². The van der Waals surface area contributed by atoms with Crippen molar-refractivity contribution in [3.63, 3.8) is 0 Å². The summed E-state index contributed by atoms with van der Waals surface area (Å²) in [6, 6.07) is 12.3. The molecule has 0 atom stereocenters. The summed E-state index contributed by atoms with van der Waals surface area (Å²) in [6.45, 7) is 7.14. The number of urea groups is 1. The van der Waals surface area contributed by atoms with Crippen molar-refractivity contribution in [2.24, 2.45) is 0 Å². The minimum Gasteiger partial charge on any atom is -0.370 e. The fourth-order valence-corrected chi connectivity index (χ4v) is 2.89. The molecule has 2 aromatic rings. The molecule has 0 saturated heterocycles. The third kappa shape index (κ3) is 5.07. The average molecular weight is 317 g/mol. The van der Waals surface area contributed by atoms with E-state index in [4.69, 9.17) is 0 Å². The number of benzene rings is 1. The fraction of sp³-hybridized carbons (Fsp3) is 0.353. The summed E-state index contributed by atoms with van der Waals surface area (Å²) < 4.78 is 0. The van der Waals surface area contributed by atoms with Crippen molar-refractivity contribution in [2.75, 3.05) is 24.5 Å². The lowest BCUT2D eigenvalue weighted by molar-refractivity contribution is 0.241. The first kappa shape index (κ1) is 16.4. The van der Waals surface area contributed by atoms with Gasteiger partial charge in [-0.3, -0.25) is 0 Å². The predicted octanol–water partition coefficient (Wildman–Crippen LogP) is 3.38. The van der Waals surface area contributed by atoms with Crippen LogP contribution in [0.15, 0.2) is 41.8 Å². The highest BCUT2D eigenvalue weighted by Crippen LogP contribution is 2.14. The van der Waals surface area contributed by atoms with Crippen LogP contribution in [-0.4, -0.2) is 25.7 Å². The number of carbonyl (C=O) groups excluding carboxylic acids is 1. The van der Waals surface area contributed by atoms with Crippen molar-refractivity contribution in [3.8, 4) is 0 Å². The molecule has 0 aliphatic carbocycles. The summed E-state index contributed by atoms with van der Waals surface area (Å²) >= 11 is 1.65. The molecule has 118 valence electrons. The third-order valence-electron chi connectivity index (χ3n) is 3.42. The van der Waals surface area contributed by atoms with Crippen molar-refractivity contribution < 1.29 is 4.79 Å². The molecule has 0 bridgehead atoms. The molecule has 2 rings (SSSR count). The number of hydrogen-bond acceptors (Lipinski definition) is 3. The van der Waals surface area contributed by atoms with E-state index >= 15 is 0 Å². The molecule has 0 fully saturated rings. The van der Waals surface area contributed by atoms with Crippen molar-refractivity contribution in [1.29, 1.82) is 0 Å².